The minimum Gasteiger partial charge on any atom is -0.445 e. The number of nitrogens with one attached hydrogen (secondary N) is 2. The fraction of sp³-hybridized carbons (Fsp3) is 0.360. The Morgan fingerprint density at radius 3 is 1.91 bits per heavy atom. The third kappa shape index (κ3) is 9.09. The number of carbonyl (C=O) groups excluding carboxylic acids is 4. The van der Waals surface area contributed by atoms with Gasteiger partial charge in [-0.15, -0.1) is 0 Å². The van der Waals surface area contributed by atoms with Crippen LogP contribution in [0.5, 0.6) is 0 Å². The van der Waals surface area contributed by atoms with E-state index in [0.717, 1.165) is 11.1 Å². The molecule has 4 amide bonds. The predicted molar refractivity (Wildman–Crippen MR) is 124 cm³/mol. The summed E-state index contributed by atoms with van der Waals surface area (Å²) in [5, 5.41) is 5.91. The fourth-order valence-corrected chi connectivity index (χ4v) is 3.27. The molecule has 0 aromatic heterocycles. The first-order chi connectivity index (χ1) is 17.0. The number of hydrogen-bond acceptors (Lipinski definition) is 7. The molecule has 2 aromatic carbocycles. The zero-order chi connectivity index (χ0) is 24.9. The van der Waals surface area contributed by atoms with Gasteiger partial charge in [-0.25, -0.2) is 14.4 Å². The third-order valence-electron chi connectivity index (χ3n) is 5.11. The van der Waals surface area contributed by atoms with Crippen molar-refractivity contribution in [1.29, 1.82) is 0 Å². The van der Waals surface area contributed by atoms with Crippen molar-refractivity contribution in [2.75, 3.05) is 6.54 Å². The molecule has 0 radical (unpaired) electrons. The largest absolute Gasteiger partial charge is 0.445 e. The highest BCUT2D eigenvalue weighted by Crippen LogP contribution is 2.15. The molecule has 2 aromatic rings. The molecule has 0 saturated carbocycles. The molecular weight excluding hydrogens is 454 g/mol. The molecule has 1 aliphatic heterocycles. The topological polar surface area (TPSA) is 123 Å². The first-order valence-corrected chi connectivity index (χ1v) is 11.5. The van der Waals surface area contributed by atoms with Gasteiger partial charge >= 0.3 is 12.2 Å². The van der Waals surface area contributed by atoms with E-state index in [0.29, 0.717) is 24.4 Å². The number of ether oxygens (including phenoxy) is 2. The monoisotopic (exact) mass is 483 g/mol. The van der Waals surface area contributed by atoms with Crippen LogP contribution in [0.4, 0.5) is 9.59 Å². The Morgan fingerprint density at radius 2 is 1.34 bits per heavy atom. The summed E-state index contributed by atoms with van der Waals surface area (Å²) in [6.07, 6.45) is -0.703. The first-order valence-electron chi connectivity index (χ1n) is 11.5. The van der Waals surface area contributed by atoms with Crippen LogP contribution in [0.25, 0.3) is 0 Å². The number of nitrogens with zero attached hydrogens (tertiary/aromatic N) is 1. The molecule has 35 heavy (non-hydrogen) atoms. The maximum atomic E-state index is 12.3. The van der Waals surface area contributed by atoms with Gasteiger partial charge in [-0.3, -0.25) is 14.9 Å². The average Bonchev–Trinajstić information content (AvgIpc) is 3.19. The zero-order valence-corrected chi connectivity index (χ0v) is 19.3. The van der Waals surface area contributed by atoms with Crippen LogP contribution in [0, 0.1) is 0 Å². The van der Waals surface area contributed by atoms with Gasteiger partial charge in [-0.05, 0) is 30.4 Å². The molecule has 0 unspecified atom stereocenters. The van der Waals surface area contributed by atoms with Crippen molar-refractivity contribution in [3.63, 3.8) is 0 Å². The molecule has 1 heterocycles. The normalized spacial score (nSPS) is 13.9. The van der Waals surface area contributed by atoms with Gasteiger partial charge in [0.15, 0.2) is 6.23 Å². The second kappa shape index (κ2) is 13.7. The average molecular weight is 484 g/mol. The van der Waals surface area contributed by atoms with E-state index < -0.39 is 30.2 Å². The number of imide groups is 1. The standard InChI is InChI=1S/C25H29N3O7/c29-22-14-15-23(30)28(22)35-21(27-25(32)34-18-20-11-5-2-6-12-20)13-7-8-16-26-24(31)33-17-19-9-3-1-4-10-19/h1-6,9-12,21H,7-8,13-18H2,(H,26,31)(H,27,32)/t21-/m0/s1. The van der Waals surface area contributed by atoms with Crippen molar-refractivity contribution in [2.45, 2.75) is 51.5 Å². The number of benzene rings is 2. The van der Waals surface area contributed by atoms with E-state index in [1.807, 2.05) is 60.7 Å². The summed E-state index contributed by atoms with van der Waals surface area (Å²) >= 11 is 0. The highest BCUT2D eigenvalue weighted by molar-refractivity contribution is 6.00. The van der Waals surface area contributed by atoms with Crippen LogP contribution in [0.1, 0.15) is 43.2 Å². The van der Waals surface area contributed by atoms with Crippen molar-refractivity contribution in [3.05, 3.63) is 71.8 Å². The molecule has 1 saturated heterocycles. The lowest BCUT2D eigenvalue weighted by atomic mass is 10.2. The number of amides is 4. The molecule has 0 spiro atoms. The predicted octanol–water partition coefficient (Wildman–Crippen LogP) is 3.42. The maximum Gasteiger partial charge on any atom is 0.409 e. The number of carbonyl (C=O) groups is 4. The number of rotatable bonds is 12. The molecule has 1 fully saturated rings. The summed E-state index contributed by atoms with van der Waals surface area (Å²) in [7, 11) is 0. The lowest BCUT2D eigenvalue weighted by Gasteiger charge is -2.23. The van der Waals surface area contributed by atoms with Gasteiger partial charge in [-0.1, -0.05) is 60.7 Å². The van der Waals surface area contributed by atoms with E-state index in [4.69, 9.17) is 14.3 Å². The smallest absolute Gasteiger partial charge is 0.409 e. The van der Waals surface area contributed by atoms with Gasteiger partial charge < -0.3 is 14.8 Å². The highest BCUT2D eigenvalue weighted by atomic mass is 16.7. The van der Waals surface area contributed by atoms with Gasteiger partial charge in [0.2, 0.25) is 0 Å². The quantitative estimate of drug-likeness (QED) is 0.269. The minimum atomic E-state index is -0.950. The molecule has 10 nitrogen and oxygen atoms in total. The SMILES string of the molecule is O=C(NCCCC[C@@H](NC(=O)OCc1ccccc1)ON1C(=O)CCC1=O)OCc1ccccc1. The molecule has 0 bridgehead atoms. The highest BCUT2D eigenvalue weighted by Gasteiger charge is 2.33. The van der Waals surface area contributed by atoms with Crippen LogP contribution in [-0.2, 0) is 37.1 Å². The Bertz CT molecular complexity index is 969. The summed E-state index contributed by atoms with van der Waals surface area (Å²) in [5.41, 5.74) is 1.70. The summed E-state index contributed by atoms with van der Waals surface area (Å²) in [6, 6.07) is 18.5. The van der Waals surface area contributed by atoms with Gasteiger partial charge in [0.1, 0.15) is 13.2 Å². The molecule has 10 heteroatoms. The van der Waals surface area contributed by atoms with Gasteiger partial charge in [-0.2, -0.15) is 5.06 Å². The molecule has 1 atom stereocenters. The Labute approximate surface area is 203 Å². The van der Waals surface area contributed by atoms with Crippen LogP contribution >= 0.6 is 0 Å². The Balaban J connectivity index is 1.40. The van der Waals surface area contributed by atoms with Crippen LogP contribution in [0.2, 0.25) is 0 Å². The second-order valence-corrected chi connectivity index (χ2v) is 7.87. The Morgan fingerprint density at radius 1 is 0.800 bits per heavy atom. The van der Waals surface area contributed by atoms with Crippen LogP contribution in [-0.4, -0.2) is 41.8 Å². The number of alkyl carbamates (subject to hydrolysis) is 2. The molecule has 186 valence electrons. The van der Waals surface area contributed by atoms with E-state index >= 15 is 0 Å². The zero-order valence-electron chi connectivity index (χ0n) is 19.3. The van der Waals surface area contributed by atoms with E-state index in [1.165, 1.54) is 0 Å². The molecule has 2 N–H and O–H groups in total. The van der Waals surface area contributed by atoms with Crippen molar-refractivity contribution in [2.24, 2.45) is 0 Å². The van der Waals surface area contributed by atoms with Crippen LogP contribution in [0.15, 0.2) is 60.7 Å². The number of unbranched alkanes of at least 4 members (excludes halogenated alkanes) is 1. The summed E-state index contributed by atoms with van der Waals surface area (Å²) < 4.78 is 10.4. The maximum absolute atomic E-state index is 12.3. The molecule has 1 aliphatic rings. The lowest BCUT2D eigenvalue weighted by molar-refractivity contribution is -0.207. The van der Waals surface area contributed by atoms with E-state index in [-0.39, 0.29) is 32.5 Å². The molecule has 0 aliphatic carbocycles. The lowest BCUT2D eigenvalue weighted by Crippen LogP contribution is -2.44. The van der Waals surface area contributed by atoms with Crippen LogP contribution < -0.4 is 10.6 Å². The van der Waals surface area contributed by atoms with Crippen molar-refractivity contribution >= 4 is 24.0 Å². The fourth-order valence-electron chi connectivity index (χ4n) is 3.27. The van der Waals surface area contributed by atoms with E-state index in [2.05, 4.69) is 10.6 Å². The van der Waals surface area contributed by atoms with Crippen molar-refractivity contribution < 1.29 is 33.5 Å². The minimum absolute atomic E-state index is 0.0655. The number of hydroxylamine groups is 2. The number of hydrogen-bond donors (Lipinski definition) is 2. The Hall–Kier alpha value is -3.92. The Kier molecular flexibility index (Phi) is 10.1. The van der Waals surface area contributed by atoms with Gasteiger partial charge in [0.25, 0.3) is 11.8 Å². The van der Waals surface area contributed by atoms with Crippen molar-refractivity contribution in [1.82, 2.24) is 15.7 Å². The summed E-state index contributed by atoms with van der Waals surface area (Å²) in [5.74, 6) is -0.912. The van der Waals surface area contributed by atoms with E-state index in [9.17, 15) is 19.2 Å². The molecular formula is C25H29N3O7. The molecule has 3 rings (SSSR count). The second-order valence-electron chi connectivity index (χ2n) is 7.87. The summed E-state index contributed by atoms with van der Waals surface area (Å²) in [6.45, 7) is 0.589. The third-order valence-corrected chi connectivity index (χ3v) is 5.11. The van der Waals surface area contributed by atoms with E-state index in [1.54, 1.807) is 0 Å². The first kappa shape index (κ1) is 25.7. The summed E-state index contributed by atoms with van der Waals surface area (Å²) in [4.78, 5) is 53.4. The van der Waals surface area contributed by atoms with Gasteiger partial charge in [0, 0.05) is 19.4 Å². The van der Waals surface area contributed by atoms with Crippen LogP contribution in [0.3, 0.4) is 0 Å². The van der Waals surface area contributed by atoms with Gasteiger partial charge in [0.05, 0.1) is 0 Å². The van der Waals surface area contributed by atoms with Crippen molar-refractivity contribution in [3.8, 4) is 0 Å².